The topological polar surface area (TPSA) is 62.4 Å². The number of carbonyl (C=O) groups is 1. The van der Waals surface area contributed by atoms with Crippen LogP contribution >= 0.6 is 0 Å². The number of aryl methyl sites for hydroxylation is 1. The number of hydrogen-bond acceptors (Lipinski definition) is 3. The van der Waals surface area contributed by atoms with Gasteiger partial charge in [0.1, 0.15) is 5.82 Å². The Hall–Kier alpha value is -2.47. The number of carbonyl (C=O) groups excluding carboxylic acids is 1. The highest BCUT2D eigenvalue weighted by Crippen LogP contribution is 2.30. The fourth-order valence-corrected chi connectivity index (χ4v) is 3.21. The van der Waals surface area contributed by atoms with Gasteiger partial charge in [-0.1, -0.05) is 12.1 Å². The SMILES string of the molecule is Cc1[nH]c(=O)ccc1C(=O)N(C)[C@H]1CCO[C@H](c2ccc(F)cc2)C1. The van der Waals surface area contributed by atoms with E-state index in [-0.39, 0.29) is 29.4 Å². The van der Waals surface area contributed by atoms with Gasteiger partial charge in [-0.15, -0.1) is 0 Å². The Bertz CT molecular complexity index is 816. The molecule has 5 nitrogen and oxygen atoms in total. The van der Waals surface area contributed by atoms with E-state index in [0.29, 0.717) is 24.3 Å². The lowest BCUT2D eigenvalue weighted by atomic mass is 9.96. The van der Waals surface area contributed by atoms with E-state index in [1.54, 1.807) is 37.1 Å². The van der Waals surface area contributed by atoms with E-state index in [4.69, 9.17) is 4.74 Å². The highest BCUT2D eigenvalue weighted by Gasteiger charge is 2.29. The molecule has 2 aromatic rings. The summed E-state index contributed by atoms with van der Waals surface area (Å²) in [5.41, 5.74) is 1.74. The summed E-state index contributed by atoms with van der Waals surface area (Å²) in [6.07, 6.45) is 1.23. The number of ether oxygens (including phenoxy) is 1. The number of benzene rings is 1. The Kier molecular flexibility index (Phi) is 4.99. The molecule has 0 spiro atoms. The first-order valence-corrected chi connectivity index (χ1v) is 8.30. The molecule has 25 heavy (non-hydrogen) atoms. The van der Waals surface area contributed by atoms with Gasteiger partial charge in [-0.2, -0.15) is 0 Å². The number of nitrogens with zero attached hydrogens (tertiary/aromatic N) is 1. The second-order valence-electron chi connectivity index (χ2n) is 6.37. The van der Waals surface area contributed by atoms with Crippen LogP contribution in [0.25, 0.3) is 0 Å². The molecule has 1 fully saturated rings. The van der Waals surface area contributed by atoms with Crippen LogP contribution < -0.4 is 5.56 Å². The molecule has 0 bridgehead atoms. The van der Waals surface area contributed by atoms with Crippen molar-refractivity contribution in [2.45, 2.75) is 31.9 Å². The Morgan fingerprint density at radius 2 is 1.96 bits per heavy atom. The molecule has 1 amide bonds. The first-order chi connectivity index (χ1) is 12.0. The number of aromatic nitrogens is 1. The van der Waals surface area contributed by atoms with E-state index in [1.165, 1.54) is 18.2 Å². The van der Waals surface area contributed by atoms with Crippen LogP contribution in [0, 0.1) is 12.7 Å². The van der Waals surface area contributed by atoms with Gasteiger partial charge >= 0.3 is 0 Å². The van der Waals surface area contributed by atoms with Gasteiger partial charge in [0.2, 0.25) is 5.56 Å². The van der Waals surface area contributed by atoms with E-state index < -0.39 is 0 Å². The zero-order valence-corrected chi connectivity index (χ0v) is 14.3. The van der Waals surface area contributed by atoms with Crippen molar-refractivity contribution in [3.8, 4) is 0 Å². The number of aromatic amines is 1. The first kappa shape index (κ1) is 17.4. The van der Waals surface area contributed by atoms with Crippen LogP contribution in [-0.2, 0) is 4.74 Å². The number of rotatable bonds is 3. The minimum absolute atomic E-state index is 0.0163. The Labute approximate surface area is 145 Å². The second kappa shape index (κ2) is 7.19. The van der Waals surface area contributed by atoms with Crippen LogP contribution in [0.1, 0.15) is 40.6 Å². The largest absolute Gasteiger partial charge is 0.373 e. The summed E-state index contributed by atoms with van der Waals surface area (Å²) in [6.45, 7) is 2.25. The maximum absolute atomic E-state index is 13.1. The molecule has 2 heterocycles. The maximum atomic E-state index is 13.1. The van der Waals surface area contributed by atoms with E-state index in [2.05, 4.69) is 4.98 Å². The summed E-state index contributed by atoms with van der Waals surface area (Å²) < 4.78 is 18.9. The average Bonchev–Trinajstić information content (AvgIpc) is 2.61. The second-order valence-corrected chi connectivity index (χ2v) is 6.37. The van der Waals surface area contributed by atoms with E-state index in [1.807, 2.05) is 0 Å². The molecule has 1 N–H and O–H groups in total. The van der Waals surface area contributed by atoms with E-state index in [0.717, 1.165) is 12.0 Å². The fraction of sp³-hybridized carbons (Fsp3) is 0.368. The van der Waals surface area contributed by atoms with Crippen LogP contribution in [-0.4, -0.2) is 35.5 Å². The molecule has 0 saturated carbocycles. The van der Waals surface area contributed by atoms with Gasteiger partial charge in [-0.3, -0.25) is 9.59 Å². The Balaban J connectivity index is 1.75. The molecule has 1 aliphatic heterocycles. The van der Waals surface area contributed by atoms with Crippen molar-refractivity contribution in [2.24, 2.45) is 0 Å². The van der Waals surface area contributed by atoms with Gasteiger partial charge < -0.3 is 14.6 Å². The van der Waals surface area contributed by atoms with Crippen molar-refractivity contribution in [3.63, 3.8) is 0 Å². The van der Waals surface area contributed by atoms with Crippen molar-refractivity contribution in [2.75, 3.05) is 13.7 Å². The van der Waals surface area contributed by atoms with Gasteiger partial charge in [-0.05, 0) is 43.5 Å². The molecule has 0 aliphatic carbocycles. The number of halogens is 1. The third-order valence-electron chi connectivity index (χ3n) is 4.71. The molecule has 132 valence electrons. The van der Waals surface area contributed by atoms with Gasteiger partial charge in [0.05, 0.1) is 11.7 Å². The summed E-state index contributed by atoms with van der Waals surface area (Å²) in [5.74, 6) is -0.407. The molecule has 1 aromatic carbocycles. The normalized spacial score (nSPS) is 20.3. The Morgan fingerprint density at radius 1 is 1.24 bits per heavy atom. The minimum atomic E-state index is -0.281. The average molecular weight is 344 g/mol. The highest BCUT2D eigenvalue weighted by molar-refractivity contribution is 5.95. The summed E-state index contributed by atoms with van der Waals surface area (Å²) in [5, 5.41) is 0. The predicted molar refractivity (Wildman–Crippen MR) is 92.0 cm³/mol. The number of hydrogen-bond donors (Lipinski definition) is 1. The van der Waals surface area contributed by atoms with Crippen molar-refractivity contribution in [3.05, 3.63) is 69.4 Å². The fourth-order valence-electron chi connectivity index (χ4n) is 3.21. The van der Waals surface area contributed by atoms with Crippen molar-refractivity contribution in [1.82, 2.24) is 9.88 Å². The molecule has 1 aliphatic rings. The van der Waals surface area contributed by atoms with Crippen LogP contribution in [0.2, 0.25) is 0 Å². The molecule has 3 rings (SSSR count). The van der Waals surface area contributed by atoms with Gasteiger partial charge in [0.25, 0.3) is 5.91 Å². The smallest absolute Gasteiger partial charge is 0.255 e. The molecule has 1 saturated heterocycles. The third-order valence-corrected chi connectivity index (χ3v) is 4.71. The molecule has 0 unspecified atom stereocenters. The first-order valence-electron chi connectivity index (χ1n) is 8.30. The lowest BCUT2D eigenvalue weighted by Crippen LogP contribution is -2.41. The van der Waals surface area contributed by atoms with Crippen LogP contribution in [0.4, 0.5) is 4.39 Å². The number of amides is 1. The lowest BCUT2D eigenvalue weighted by molar-refractivity contribution is -0.0197. The van der Waals surface area contributed by atoms with E-state index >= 15 is 0 Å². The molecular formula is C19H21FN2O3. The lowest BCUT2D eigenvalue weighted by Gasteiger charge is -2.36. The molecular weight excluding hydrogens is 323 g/mol. The number of nitrogens with one attached hydrogen (secondary N) is 1. The summed E-state index contributed by atoms with van der Waals surface area (Å²) in [6, 6.07) is 9.21. The van der Waals surface area contributed by atoms with Gasteiger partial charge in [0, 0.05) is 31.5 Å². The minimum Gasteiger partial charge on any atom is -0.373 e. The van der Waals surface area contributed by atoms with Crippen LogP contribution in [0.5, 0.6) is 0 Å². The van der Waals surface area contributed by atoms with Crippen LogP contribution in [0.3, 0.4) is 0 Å². The molecule has 2 atom stereocenters. The molecule has 6 heteroatoms. The zero-order chi connectivity index (χ0) is 18.0. The van der Waals surface area contributed by atoms with Crippen LogP contribution in [0.15, 0.2) is 41.2 Å². The summed E-state index contributed by atoms with van der Waals surface area (Å²) in [4.78, 5) is 28.5. The molecule has 1 aromatic heterocycles. The number of pyridine rings is 1. The zero-order valence-electron chi connectivity index (χ0n) is 14.3. The summed E-state index contributed by atoms with van der Waals surface area (Å²) >= 11 is 0. The van der Waals surface area contributed by atoms with E-state index in [9.17, 15) is 14.0 Å². The Morgan fingerprint density at radius 3 is 2.64 bits per heavy atom. The monoisotopic (exact) mass is 344 g/mol. The van der Waals surface area contributed by atoms with Crippen molar-refractivity contribution in [1.29, 1.82) is 0 Å². The highest BCUT2D eigenvalue weighted by atomic mass is 19.1. The van der Waals surface area contributed by atoms with Crippen molar-refractivity contribution >= 4 is 5.91 Å². The third kappa shape index (κ3) is 3.79. The van der Waals surface area contributed by atoms with Gasteiger partial charge in [-0.25, -0.2) is 4.39 Å². The quantitative estimate of drug-likeness (QED) is 0.931. The van der Waals surface area contributed by atoms with Gasteiger partial charge in [0.15, 0.2) is 0 Å². The van der Waals surface area contributed by atoms with Crippen molar-refractivity contribution < 1.29 is 13.9 Å². The number of H-pyrrole nitrogens is 1. The standard InChI is InChI=1S/C19H21FN2O3/c1-12-16(7-8-18(23)21-12)19(24)22(2)15-9-10-25-17(11-15)13-3-5-14(20)6-4-13/h3-8,15,17H,9-11H2,1-2H3,(H,21,23)/t15-,17-/m0/s1. The summed E-state index contributed by atoms with van der Waals surface area (Å²) in [7, 11) is 1.77. The maximum Gasteiger partial charge on any atom is 0.255 e. The predicted octanol–water partition coefficient (Wildman–Crippen LogP) is 2.81. The molecule has 0 radical (unpaired) electrons.